The molecule has 1 aromatic rings. The molecule has 0 radical (unpaired) electrons. The van der Waals surface area contributed by atoms with Crippen molar-refractivity contribution in [2.24, 2.45) is 5.73 Å². The Bertz CT molecular complexity index is 973. The number of nitrogens with two attached hydrogens (primary N) is 1. The first-order chi connectivity index (χ1) is 16.7. The summed E-state index contributed by atoms with van der Waals surface area (Å²) in [7, 11) is 0. The molecule has 0 spiro atoms. The number of nitrogens with one attached hydrogen (secondary N) is 4. The maximum absolute atomic E-state index is 12.8. The number of primary amides is 1. The summed E-state index contributed by atoms with van der Waals surface area (Å²) in [6, 6.07) is 5.67. The molecule has 0 saturated carbocycles. The van der Waals surface area contributed by atoms with Gasteiger partial charge in [0.05, 0.1) is 6.54 Å². The average molecular weight is 487 g/mol. The van der Waals surface area contributed by atoms with Crippen LogP contribution in [-0.4, -0.2) is 66.1 Å². The van der Waals surface area contributed by atoms with Gasteiger partial charge in [0.15, 0.2) is 0 Å². The van der Waals surface area contributed by atoms with Gasteiger partial charge in [-0.05, 0) is 37.0 Å². The summed E-state index contributed by atoms with van der Waals surface area (Å²) in [5, 5.41) is 10.1. The molecule has 0 saturated heterocycles. The van der Waals surface area contributed by atoms with E-state index in [4.69, 9.17) is 5.73 Å². The summed E-state index contributed by atoms with van der Waals surface area (Å²) in [5.41, 5.74) is 6.71. The van der Waals surface area contributed by atoms with Crippen molar-refractivity contribution in [3.8, 4) is 0 Å². The number of aryl methyl sites for hydroxylation is 1. The minimum atomic E-state index is -0.925. The Morgan fingerprint density at radius 3 is 2.23 bits per heavy atom. The lowest BCUT2D eigenvalue weighted by Gasteiger charge is -2.19. The number of nitrogens with zero attached hydrogens (tertiary/aromatic N) is 1. The highest BCUT2D eigenvalue weighted by atomic mass is 16.2. The van der Waals surface area contributed by atoms with Crippen LogP contribution in [0.25, 0.3) is 0 Å². The molecule has 1 unspecified atom stereocenters. The van der Waals surface area contributed by atoms with Crippen LogP contribution >= 0.6 is 0 Å². The Balaban J connectivity index is 1.86. The summed E-state index contributed by atoms with van der Waals surface area (Å²) in [5.74, 6) is -2.58. The second-order valence-electron chi connectivity index (χ2n) is 7.78. The number of amides is 7. The molecule has 1 heterocycles. The number of hydrogen-bond donors (Lipinski definition) is 5. The van der Waals surface area contributed by atoms with E-state index in [0.29, 0.717) is 12.1 Å². The highest BCUT2D eigenvalue weighted by Gasteiger charge is 2.24. The Morgan fingerprint density at radius 1 is 0.971 bits per heavy atom. The predicted octanol–water partition coefficient (Wildman–Crippen LogP) is -0.448. The van der Waals surface area contributed by atoms with Crippen molar-refractivity contribution in [2.75, 3.05) is 25.0 Å². The number of anilines is 1. The molecule has 0 aliphatic carbocycles. The van der Waals surface area contributed by atoms with Crippen molar-refractivity contribution < 1.29 is 28.8 Å². The van der Waals surface area contributed by atoms with Crippen LogP contribution in [0, 0.1) is 0 Å². The Hall–Kier alpha value is -4.22. The van der Waals surface area contributed by atoms with Crippen LogP contribution in [0.2, 0.25) is 0 Å². The molecule has 0 fully saturated rings. The standard InChI is InChI=1S/C23H30N6O6/c1-2-15-5-7-16(8-6-15)27-22(34)17(4-3-12-25-23(24)35)28-19(31)14-26-18(30)11-13-29-20(32)9-10-21(29)33/h5-10,17H,2-4,11-14H2,1H3,(H,26,30)(H,27,34)(H,28,31)(H3,24,25,35). The zero-order valence-corrected chi connectivity index (χ0v) is 19.5. The van der Waals surface area contributed by atoms with Gasteiger partial charge in [0.25, 0.3) is 11.8 Å². The molecule has 1 atom stereocenters. The molecule has 0 bridgehead atoms. The molecule has 1 aliphatic heterocycles. The van der Waals surface area contributed by atoms with Crippen LogP contribution in [0.4, 0.5) is 10.5 Å². The average Bonchev–Trinajstić information content (AvgIpc) is 3.15. The van der Waals surface area contributed by atoms with Crippen LogP contribution in [0.5, 0.6) is 0 Å². The minimum Gasteiger partial charge on any atom is -0.352 e. The van der Waals surface area contributed by atoms with Crippen molar-refractivity contribution in [3.05, 3.63) is 42.0 Å². The maximum Gasteiger partial charge on any atom is 0.312 e. The number of imide groups is 1. The third-order valence-corrected chi connectivity index (χ3v) is 5.16. The molecule has 1 aliphatic rings. The monoisotopic (exact) mass is 486 g/mol. The maximum atomic E-state index is 12.8. The zero-order valence-electron chi connectivity index (χ0n) is 19.5. The fourth-order valence-electron chi connectivity index (χ4n) is 3.22. The van der Waals surface area contributed by atoms with E-state index in [1.807, 2.05) is 19.1 Å². The summed E-state index contributed by atoms with van der Waals surface area (Å²) in [4.78, 5) is 72.0. The second-order valence-corrected chi connectivity index (χ2v) is 7.78. The second kappa shape index (κ2) is 13.5. The normalized spacial score (nSPS) is 13.3. The van der Waals surface area contributed by atoms with Crippen molar-refractivity contribution in [3.63, 3.8) is 0 Å². The number of rotatable bonds is 13. The lowest BCUT2D eigenvalue weighted by molar-refractivity contribution is -0.137. The number of carbonyl (C=O) groups is 6. The quantitative estimate of drug-likeness (QED) is 0.186. The Morgan fingerprint density at radius 2 is 1.63 bits per heavy atom. The summed E-state index contributed by atoms with van der Waals surface area (Å²) >= 11 is 0. The van der Waals surface area contributed by atoms with Gasteiger partial charge in [-0.15, -0.1) is 0 Å². The fourth-order valence-corrected chi connectivity index (χ4v) is 3.22. The van der Waals surface area contributed by atoms with Crippen LogP contribution in [0.15, 0.2) is 36.4 Å². The van der Waals surface area contributed by atoms with E-state index in [1.54, 1.807) is 12.1 Å². The van der Waals surface area contributed by atoms with Gasteiger partial charge in [-0.25, -0.2) is 4.79 Å². The largest absolute Gasteiger partial charge is 0.352 e. The van der Waals surface area contributed by atoms with E-state index in [2.05, 4.69) is 21.3 Å². The summed E-state index contributed by atoms with van der Waals surface area (Å²) in [6.45, 7) is 1.74. The highest BCUT2D eigenvalue weighted by Crippen LogP contribution is 2.11. The Kier molecular flexibility index (Phi) is 10.4. The molecule has 35 heavy (non-hydrogen) atoms. The van der Waals surface area contributed by atoms with Gasteiger partial charge < -0.3 is 27.0 Å². The van der Waals surface area contributed by atoms with E-state index >= 15 is 0 Å². The predicted molar refractivity (Wildman–Crippen MR) is 127 cm³/mol. The Labute approximate surface area is 202 Å². The first-order valence-electron chi connectivity index (χ1n) is 11.2. The lowest BCUT2D eigenvalue weighted by atomic mass is 10.1. The van der Waals surface area contributed by atoms with Crippen LogP contribution < -0.4 is 27.0 Å². The smallest absolute Gasteiger partial charge is 0.312 e. The van der Waals surface area contributed by atoms with Crippen LogP contribution in [0.1, 0.15) is 31.7 Å². The van der Waals surface area contributed by atoms with Crippen molar-refractivity contribution in [1.82, 2.24) is 20.9 Å². The molecule has 2 rings (SSSR count). The van der Waals surface area contributed by atoms with Crippen LogP contribution in [-0.2, 0) is 30.4 Å². The highest BCUT2D eigenvalue weighted by molar-refractivity contribution is 6.13. The molecule has 12 heteroatoms. The van der Waals surface area contributed by atoms with Crippen molar-refractivity contribution in [2.45, 2.75) is 38.6 Å². The number of carbonyl (C=O) groups excluding carboxylic acids is 6. The van der Waals surface area contributed by atoms with Gasteiger partial charge in [-0.1, -0.05) is 19.1 Å². The van der Waals surface area contributed by atoms with E-state index < -0.39 is 48.2 Å². The molecule has 188 valence electrons. The zero-order chi connectivity index (χ0) is 25.8. The molecule has 6 N–H and O–H groups in total. The van der Waals surface area contributed by atoms with E-state index in [-0.39, 0.29) is 25.9 Å². The SMILES string of the molecule is CCc1ccc(NC(=O)C(CCCNC(N)=O)NC(=O)CNC(=O)CCN2C(=O)C=CC2=O)cc1. The number of benzene rings is 1. The molecule has 1 aromatic carbocycles. The third kappa shape index (κ3) is 9.27. The number of hydrogen-bond acceptors (Lipinski definition) is 6. The molecule has 0 aromatic heterocycles. The minimum absolute atomic E-state index is 0.104. The summed E-state index contributed by atoms with van der Waals surface area (Å²) in [6.07, 6.45) is 3.52. The third-order valence-electron chi connectivity index (χ3n) is 5.16. The van der Waals surface area contributed by atoms with Gasteiger partial charge in [0.2, 0.25) is 17.7 Å². The van der Waals surface area contributed by atoms with Crippen molar-refractivity contribution >= 4 is 41.3 Å². The first-order valence-corrected chi connectivity index (χ1v) is 11.2. The first kappa shape index (κ1) is 27.0. The topological polar surface area (TPSA) is 180 Å². The molecule has 7 amide bonds. The van der Waals surface area contributed by atoms with E-state index in [0.717, 1.165) is 29.0 Å². The molecule has 12 nitrogen and oxygen atoms in total. The van der Waals surface area contributed by atoms with E-state index in [9.17, 15) is 28.8 Å². The lowest BCUT2D eigenvalue weighted by Crippen LogP contribution is -2.48. The molecular formula is C23H30N6O6. The van der Waals surface area contributed by atoms with E-state index in [1.165, 1.54) is 0 Å². The van der Waals surface area contributed by atoms with Crippen molar-refractivity contribution in [1.29, 1.82) is 0 Å². The van der Waals surface area contributed by atoms with Gasteiger partial charge >= 0.3 is 6.03 Å². The van der Waals surface area contributed by atoms with Gasteiger partial charge in [0, 0.05) is 37.3 Å². The van der Waals surface area contributed by atoms with Crippen LogP contribution in [0.3, 0.4) is 0 Å². The molecular weight excluding hydrogens is 456 g/mol. The van der Waals surface area contributed by atoms with Gasteiger partial charge in [0.1, 0.15) is 6.04 Å². The fraction of sp³-hybridized carbons (Fsp3) is 0.391. The van der Waals surface area contributed by atoms with Gasteiger partial charge in [-0.2, -0.15) is 0 Å². The number of urea groups is 1. The summed E-state index contributed by atoms with van der Waals surface area (Å²) < 4.78 is 0. The van der Waals surface area contributed by atoms with Gasteiger partial charge in [-0.3, -0.25) is 28.9 Å².